The molecule has 0 aromatic heterocycles. The lowest BCUT2D eigenvalue weighted by molar-refractivity contribution is -0.129. The molecular weight excluding hydrogens is 172 g/mol. The largest absolute Gasteiger partial charge is 0.504 e. The monoisotopic (exact) mass is 179 g/mol. The fourth-order valence-corrected chi connectivity index (χ4v) is 0.860. The Bertz CT molecular complexity index is 343. The molecule has 0 amide bonds. The summed E-state index contributed by atoms with van der Waals surface area (Å²) in [6.07, 6.45) is 0.484. The molecule has 0 aliphatic carbocycles. The second-order valence-electron chi connectivity index (χ2n) is 2.29. The summed E-state index contributed by atoms with van der Waals surface area (Å²) in [5, 5.41) is 9.21. The van der Waals surface area contributed by atoms with Crippen LogP contribution >= 0.6 is 0 Å². The molecule has 0 saturated carbocycles. The first-order chi connectivity index (χ1) is 6.15. The summed E-state index contributed by atoms with van der Waals surface area (Å²) in [5.41, 5.74) is 0.108. The molecule has 0 unspecified atom stereocenters. The van der Waals surface area contributed by atoms with Crippen LogP contribution in [0.4, 0.5) is 0 Å². The number of ether oxygens (including phenoxy) is 1. The average molecular weight is 179 g/mol. The number of phenolic OH excluding ortho intramolecular Hbond substituents is 1. The number of hydrogen-bond donors (Lipinski definition) is 1. The molecule has 0 fully saturated rings. The highest BCUT2D eigenvalue weighted by atomic mass is 16.5. The number of aromatic hydroxyl groups is 1. The Balaban J connectivity index is 3.14. The summed E-state index contributed by atoms with van der Waals surface area (Å²) >= 11 is 0. The molecular formula is C9H7O4. The molecule has 0 heterocycles. The van der Waals surface area contributed by atoms with Crippen LogP contribution in [0, 0.1) is 6.92 Å². The number of rotatable bonds is 2. The van der Waals surface area contributed by atoms with Gasteiger partial charge in [-0.05, 0) is 12.1 Å². The third kappa shape index (κ3) is 2.05. The first kappa shape index (κ1) is 9.25. The van der Waals surface area contributed by atoms with Crippen LogP contribution in [0.1, 0.15) is 10.4 Å². The van der Waals surface area contributed by atoms with Gasteiger partial charge >= 0.3 is 5.97 Å². The molecule has 1 aromatic rings. The van der Waals surface area contributed by atoms with Gasteiger partial charge in [0.05, 0.1) is 12.5 Å². The number of phenols is 1. The van der Waals surface area contributed by atoms with Crippen LogP contribution in [0.25, 0.3) is 0 Å². The van der Waals surface area contributed by atoms with Crippen molar-refractivity contribution in [3.8, 4) is 11.5 Å². The highest BCUT2D eigenvalue weighted by Crippen LogP contribution is 2.28. The van der Waals surface area contributed by atoms with E-state index >= 15 is 0 Å². The van der Waals surface area contributed by atoms with Gasteiger partial charge in [-0.3, -0.25) is 9.59 Å². The Morgan fingerprint density at radius 2 is 2.23 bits per heavy atom. The molecule has 0 spiro atoms. The zero-order chi connectivity index (χ0) is 9.84. The number of carbonyl (C=O) groups excluding carboxylic acids is 2. The van der Waals surface area contributed by atoms with Gasteiger partial charge in [0.25, 0.3) is 0 Å². The third-order valence-corrected chi connectivity index (χ3v) is 1.37. The van der Waals surface area contributed by atoms with Crippen molar-refractivity contribution in [2.24, 2.45) is 0 Å². The minimum atomic E-state index is -0.829. The van der Waals surface area contributed by atoms with E-state index in [9.17, 15) is 14.7 Å². The maximum Gasteiger partial charge on any atom is 0.311 e. The fourth-order valence-electron chi connectivity index (χ4n) is 0.860. The van der Waals surface area contributed by atoms with Crippen LogP contribution < -0.4 is 4.74 Å². The lowest BCUT2D eigenvalue weighted by atomic mass is 10.2. The van der Waals surface area contributed by atoms with Crippen LogP contribution in [-0.2, 0) is 4.79 Å². The summed E-state index contributed by atoms with van der Waals surface area (Å²) in [6.45, 7) is 2.96. The standard InChI is InChI=1S/C9H7O4/c1-6(11)13-9-7(5-10)3-2-4-8(9)12/h2-5,12H,1H2. The van der Waals surface area contributed by atoms with E-state index in [0.29, 0.717) is 6.29 Å². The van der Waals surface area contributed by atoms with Crippen molar-refractivity contribution in [2.75, 3.05) is 0 Å². The van der Waals surface area contributed by atoms with Crippen LogP contribution in [0.15, 0.2) is 18.2 Å². The van der Waals surface area contributed by atoms with Crippen LogP contribution in [0.3, 0.4) is 0 Å². The number of hydrogen-bond acceptors (Lipinski definition) is 4. The van der Waals surface area contributed by atoms with Crippen molar-refractivity contribution < 1.29 is 19.4 Å². The Hall–Kier alpha value is -1.84. The van der Waals surface area contributed by atoms with Crippen molar-refractivity contribution in [1.29, 1.82) is 0 Å². The number of benzene rings is 1. The Kier molecular flexibility index (Phi) is 2.64. The average Bonchev–Trinajstić information content (AvgIpc) is 2.08. The van der Waals surface area contributed by atoms with E-state index in [1.165, 1.54) is 18.2 Å². The smallest absolute Gasteiger partial charge is 0.311 e. The summed E-state index contributed by atoms with van der Waals surface area (Å²) in [4.78, 5) is 20.9. The predicted octanol–water partition coefficient (Wildman–Crippen LogP) is 0.944. The van der Waals surface area contributed by atoms with Crippen molar-refractivity contribution >= 4 is 12.3 Å². The van der Waals surface area contributed by atoms with E-state index in [2.05, 4.69) is 11.7 Å². The van der Waals surface area contributed by atoms with Gasteiger partial charge in [-0.15, -0.1) is 0 Å². The number of aldehydes is 1. The summed E-state index contributed by atoms with van der Waals surface area (Å²) < 4.78 is 4.54. The second kappa shape index (κ2) is 3.71. The topological polar surface area (TPSA) is 63.6 Å². The molecule has 1 radical (unpaired) electrons. The van der Waals surface area contributed by atoms with Crippen LogP contribution in [-0.4, -0.2) is 17.4 Å². The highest BCUT2D eigenvalue weighted by molar-refractivity contribution is 5.85. The first-order valence-corrected chi connectivity index (χ1v) is 3.46. The van der Waals surface area contributed by atoms with Crippen molar-refractivity contribution in [2.45, 2.75) is 0 Å². The van der Waals surface area contributed by atoms with Crippen LogP contribution in [0.2, 0.25) is 0 Å². The van der Waals surface area contributed by atoms with E-state index in [4.69, 9.17) is 0 Å². The van der Waals surface area contributed by atoms with E-state index < -0.39 is 5.97 Å². The lowest BCUT2D eigenvalue weighted by Crippen LogP contribution is -2.04. The zero-order valence-electron chi connectivity index (χ0n) is 6.69. The highest BCUT2D eigenvalue weighted by Gasteiger charge is 2.10. The quantitative estimate of drug-likeness (QED) is 0.417. The van der Waals surface area contributed by atoms with Crippen LogP contribution in [0.5, 0.6) is 11.5 Å². The lowest BCUT2D eigenvalue weighted by Gasteiger charge is -2.05. The fraction of sp³-hybridized carbons (Fsp3) is 0. The summed E-state index contributed by atoms with van der Waals surface area (Å²) in [7, 11) is 0. The van der Waals surface area contributed by atoms with E-state index in [1.54, 1.807) is 0 Å². The Morgan fingerprint density at radius 1 is 1.54 bits per heavy atom. The SMILES string of the molecule is [CH2]C(=O)Oc1c(O)cccc1C=O. The van der Waals surface area contributed by atoms with Gasteiger partial charge in [-0.25, -0.2) is 0 Å². The van der Waals surface area contributed by atoms with Gasteiger partial charge in [0.1, 0.15) is 0 Å². The molecule has 1 N–H and O–H groups in total. The number of carbonyl (C=O) groups is 2. The number of esters is 1. The molecule has 0 bridgehead atoms. The maximum absolute atomic E-state index is 10.5. The van der Waals surface area contributed by atoms with Gasteiger partial charge in [0, 0.05) is 0 Å². The molecule has 13 heavy (non-hydrogen) atoms. The maximum atomic E-state index is 10.5. The molecule has 67 valence electrons. The molecule has 0 saturated heterocycles. The first-order valence-electron chi connectivity index (χ1n) is 3.46. The Morgan fingerprint density at radius 3 is 2.77 bits per heavy atom. The van der Waals surface area contributed by atoms with Crippen molar-refractivity contribution in [3.05, 3.63) is 30.7 Å². The van der Waals surface area contributed by atoms with E-state index in [1.807, 2.05) is 0 Å². The minimum Gasteiger partial charge on any atom is -0.504 e. The molecule has 4 nitrogen and oxygen atoms in total. The normalized spacial score (nSPS) is 9.31. The molecule has 1 aromatic carbocycles. The minimum absolute atomic E-state index is 0.108. The molecule has 1 rings (SSSR count). The molecule has 0 aliphatic rings. The summed E-state index contributed by atoms with van der Waals surface area (Å²) in [6, 6.07) is 4.20. The summed E-state index contributed by atoms with van der Waals surface area (Å²) in [5.74, 6) is -1.25. The zero-order valence-corrected chi connectivity index (χ0v) is 6.69. The van der Waals surface area contributed by atoms with Gasteiger partial charge in [-0.1, -0.05) is 6.07 Å². The van der Waals surface area contributed by atoms with Gasteiger partial charge in [0.15, 0.2) is 17.8 Å². The van der Waals surface area contributed by atoms with Crippen molar-refractivity contribution in [1.82, 2.24) is 0 Å². The molecule has 4 heteroatoms. The third-order valence-electron chi connectivity index (χ3n) is 1.37. The second-order valence-corrected chi connectivity index (χ2v) is 2.29. The number of para-hydroxylation sites is 1. The van der Waals surface area contributed by atoms with E-state index in [-0.39, 0.29) is 17.1 Å². The van der Waals surface area contributed by atoms with Gasteiger partial charge < -0.3 is 9.84 Å². The Labute approximate surface area is 74.8 Å². The molecule has 0 atom stereocenters. The predicted molar refractivity (Wildman–Crippen MR) is 44.5 cm³/mol. The van der Waals surface area contributed by atoms with Gasteiger partial charge in [-0.2, -0.15) is 0 Å². The van der Waals surface area contributed by atoms with Gasteiger partial charge in [0.2, 0.25) is 0 Å². The van der Waals surface area contributed by atoms with E-state index in [0.717, 1.165) is 0 Å². The van der Waals surface area contributed by atoms with Crippen molar-refractivity contribution in [3.63, 3.8) is 0 Å². The molecule has 0 aliphatic heterocycles.